The van der Waals surface area contributed by atoms with E-state index >= 15 is 0 Å². The van der Waals surface area contributed by atoms with E-state index in [-0.39, 0.29) is 5.91 Å². The Morgan fingerprint density at radius 3 is 2.36 bits per heavy atom. The number of carbonyl (C=O) groups excluding carboxylic acids is 1. The van der Waals surface area contributed by atoms with Crippen molar-refractivity contribution in [2.75, 3.05) is 0 Å². The molecule has 1 amide bonds. The van der Waals surface area contributed by atoms with Gasteiger partial charge >= 0.3 is 0 Å². The molecule has 4 aromatic rings. The lowest BCUT2D eigenvalue weighted by Crippen LogP contribution is -2.29. The molecule has 0 aliphatic rings. The third kappa shape index (κ3) is 3.94. The number of nitrogens with zero attached hydrogens (tertiary/aromatic N) is 2. The Balaban J connectivity index is 1.67. The summed E-state index contributed by atoms with van der Waals surface area (Å²) >= 11 is 6.01. The molecular weight excluding hydrogens is 374 g/mol. The average molecular weight is 390 g/mol. The van der Waals surface area contributed by atoms with Crippen molar-refractivity contribution in [1.82, 2.24) is 15.5 Å². The van der Waals surface area contributed by atoms with Crippen molar-refractivity contribution in [2.45, 2.75) is 6.04 Å². The summed E-state index contributed by atoms with van der Waals surface area (Å²) < 4.78 is 5.49. The van der Waals surface area contributed by atoms with Crippen molar-refractivity contribution in [1.29, 1.82) is 0 Å². The quantitative estimate of drug-likeness (QED) is 0.526. The molecule has 0 spiro atoms. The van der Waals surface area contributed by atoms with Crippen molar-refractivity contribution in [2.24, 2.45) is 0 Å². The molecule has 0 aliphatic carbocycles. The Morgan fingerprint density at radius 1 is 0.929 bits per heavy atom. The summed E-state index contributed by atoms with van der Waals surface area (Å²) in [6.45, 7) is 0. The van der Waals surface area contributed by atoms with Crippen LogP contribution in [-0.4, -0.2) is 16.0 Å². The number of nitrogens with one attached hydrogen (secondary N) is 1. The molecule has 28 heavy (non-hydrogen) atoms. The van der Waals surface area contributed by atoms with Gasteiger partial charge in [-0.05, 0) is 23.8 Å². The highest BCUT2D eigenvalue weighted by atomic mass is 35.5. The fourth-order valence-electron chi connectivity index (χ4n) is 2.83. The maximum absolute atomic E-state index is 12.8. The van der Waals surface area contributed by atoms with Crippen LogP contribution in [0, 0.1) is 0 Å². The second kappa shape index (κ2) is 8.06. The van der Waals surface area contributed by atoms with Crippen LogP contribution in [0.2, 0.25) is 5.02 Å². The predicted octanol–water partition coefficient (Wildman–Crippen LogP) is 4.91. The van der Waals surface area contributed by atoms with Crippen LogP contribution >= 0.6 is 11.6 Å². The van der Waals surface area contributed by atoms with E-state index in [0.717, 1.165) is 11.1 Å². The van der Waals surface area contributed by atoms with Crippen LogP contribution in [0.15, 0.2) is 89.5 Å². The average Bonchev–Trinajstić information content (AvgIpc) is 3.23. The first-order valence-electron chi connectivity index (χ1n) is 8.71. The first kappa shape index (κ1) is 17.9. The molecule has 1 heterocycles. The Hall–Kier alpha value is -3.44. The van der Waals surface area contributed by atoms with Crippen LogP contribution in [0.5, 0.6) is 0 Å². The van der Waals surface area contributed by atoms with Crippen LogP contribution < -0.4 is 5.32 Å². The highest BCUT2D eigenvalue weighted by Crippen LogP contribution is 2.24. The van der Waals surface area contributed by atoms with Crippen molar-refractivity contribution in [3.8, 4) is 11.4 Å². The topological polar surface area (TPSA) is 68.0 Å². The van der Waals surface area contributed by atoms with Crippen LogP contribution in [0.25, 0.3) is 11.4 Å². The van der Waals surface area contributed by atoms with Crippen molar-refractivity contribution < 1.29 is 9.32 Å². The normalized spacial score (nSPS) is 11.8. The lowest BCUT2D eigenvalue weighted by molar-refractivity contribution is 0.0936. The molecule has 4 rings (SSSR count). The fraction of sp³-hybridized carbons (Fsp3) is 0.0455. The van der Waals surface area contributed by atoms with E-state index in [4.69, 9.17) is 16.1 Å². The van der Waals surface area contributed by atoms with Gasteiger partial charge in [-0.1, -0.05) is 83.5 Å². The molecule has 0 aliphatic heterocycles. The SMILES string of the molecule is O=C(NC(c1ccccc1)c1nc(-c2ccccc2)no1)c1cccc(Cl)c1. The monoisotopic (exact) mass is 389 g/mol. The van der Waals surface area contributed by atoms with Crippen LogP contribution in [0.1, 0.15) is 27.9 Å². The van der Waals surface area contributed by atoms with Gasteiger partial charge in [0.15, 0.2) is 0 Å². The van der Waals surface area contributed by atoms with E-state index in [9.17, 15) is 4.79 Å². The zero-order chi connectivity index (χ0) is 19.3. The van der Waals surface area contributed by atoms with Crippen LogP contribution in [0.3, 0.4) is 0 Å². The zero-order valence-electron chi connectivity index (χ0n) is 14.7. The predicted molar refractivity (Wildman–Crippen MR) is 107 cm³/mol. The maximum Gasteiger partial charge on any atom is 0.254 e. The standard InChI is InChI=1S/C22H16ClN3O2/c23-18-13-7-12-17(14-18)21(27)24-19(15-8-3-1-4-9-15)22-25-20(26-28-22)16-10-5-2-6-11-16/h1-14,19H,(H,24,27). The van der Waals surface area contributed by atoms with Crippen molar-refractivity contribution in [3.05, 3.63) is 107 Å². The second-order valence-electron chi connectivity index (χ2n) is 6.15. The van der Waals surface area contributed by atoms with Gasteiger partial charge in [0.05, 0.1) is 0 Å². The third-order valence-corrected chi connectivity index (χ3v) is 4.45. The van der Waals surface area contributed by atoms with Gasteiger partial charge in [-0.25, -0.2) is 0 Å². The van der Waals surface area contributed by atoms with Crippen LogP contribution in [-0.2, 0) is 0 Å². The summed E-state index contributed by atoms with van der Waals surface area (Å²) in [6, 6.07) is 25.2. The van der Waals surface area contributed by atoms with E-state index in [1.807, 2.05) is 60.7 Å². The number of halogens is 1. The molecule has 0 fully saturated rings. The molecule has 0 radical (unpaired) electrons. The van der Waals surface area contributed by atoms with Gasteiger partial charge in [-0.15, -0.1) is 0 Å². The minimum atomic E-state index is -0.586. The first-order chi connectivity index (χ1) is 13.7. The summed E-state index contributed by atoms with van der Waals surface area (Å²) in [7, 11) is 0. The molecule has 0 saturated heterocycles. The summed E-state index contributed by atoms with van der Waals surface area (Å²) in [6.07, 6.45) is 0. The molecule has 6 heteroatoms. The summed E-state index contributed by atoms with van der Waals surface area (Å²) in [5, 5.41) is 7.53. The minimum absolute atomic E-state index is 0.282. The Bertz CT molecular complexity index is 1080. The summed E-state index contributed by atoms with van der Waals surface area (Å²) in [5.74, 6) is 0.491. The van der Waals surface area contributed by atoms with E-state index in [0.29, 0.717) is 22.3 Å². The van der Waals surface area contributed by atoms with E-state index in [1.165, 1.54) is 0 Å². The zero-order valence-corrected chi connectivity index (χ0v) is 15.5. The highest BCUT2D eigenvalue weighted by Gasteiger charge is 2.24. The van der Waals surface area contributed by atoms with E-state index in [1.54, 1.807) is 24.3 Å². The summed E-state index contributed by atoms with van der Waals surface area (Å²) in [5.41, 5.74) is 2.13. The number of benzene rings is 3. The minimum Gasteiger partial charge on any atom is -0.336 e. The van der Waals surface area contributed by atoms with Gasteiger partial charge in [-0.3, -0.25) is 4.79 Å². The lowest BCUT2D eigenvalue weighted by Gasteiger charge is -2.15. The van der Waals surface area contributed by atoms with Gasteiger partial charge in [0.2, 0.25) is 5.82 Å². The Morgan fingerprint density at radius 2 is 1.64 bits per heavy atom. The smallest absolute Gasteiger partial charge is 0.254 e. The largest absolute Gasteiger partial charge is 0.336 e. The third-order valence-electron chi connectivity index (χ3n) is 4.22. The fourth-order valence-corrected chi connectivity index (χ4v) is 3.02. The summed E-state index contributed by atoms with van der Waals surface area (Å²) in [4.78, 5) is 17.3. The van der Waals surface area contributed by atoms with E-state index < -0.39 is 6.04 Å². The molecule has 5 nitrogen and oxygen atoms in total. The molecule has 3 aromatic carbocycles. The van der Waals surface area contributed by atoms with Crippen LogP contribution in [0.4, 0.5) is 0 Å². The molecule has 1 atom stereocenters. The van der Waals surface area contributed by atoms with Gasteiger partial charge in [0, 0.05) is 16.1 Å². The molecular formula is C22H16ClN3O2. The highest BCUT2D eigenvalue weighted by molar-refractivity contribution is 6.30. The molecule has 1 unspecified atom stereocenters. The molecule has 1 N–H and O–H groups in total. The lowest BCUT2D eigenvalue weighted by atomic mass is 10.1. The molecule has 0 bridgehead atoms. The van der Waals surface area contributed by atoms with E-state index in [2.05, 4.69) is 15.5 Å². The van der Waals surface area contributed by atoms with Gasteiger partial charge in [-0.2, -0.15) is 4.98 Å². The maximum atomic E-state index is 12.8. The first-order valence-corrected chi connectivity index (χ1v) is 9.09. The molecule has 138 valence electrons. The molecule has 0 saturated carbocycles. The number of amides is 1. The molecule has 1 aromatic heterocycles. The number of hydrogen-bond donors (Lipinski definition) is 1. The van der Waals surface area contributed by atoms with Crippen molar-refractivity contribution in [3.63, 3.8) is 0 Å². The number of carbonyl (C=O) groups is 1. The Kier molecular flexibility index (Phi) is 5.17. The second-order valence-corrected chi connectivity index (χ2v) is 6.59. The Labute approximate surface area is 167 Å². The van der Waals surface area contributed by atoms with Crippen molar-refractivity contribution >= 4 is 17.5 Å². The van der Waals surface area contributed by atoms with Gasteiger partial charge < -0.3 is 9.84 Å². The van der Waals surface area contributed by atoms with Gasteiger partial charge in [0.25, 0.3) is 11.8 Å². The number of aromatic nitrogens is 2. The number of rotatable bonds is 5. The van der Waals surface area contributed by atoms with Gasteiger partial charge in [0.1, 0.15) is 6.04 Å². The number of hydrogen-bond acceptors (Lipinski definition) is 4.